The van der Waals surface area contributed by atoms with Crippen LogP contribution in [0.4, 0.5) is 11.4 Å². The van der Waals surface area contributed by atoms with Crippen LogP contribution in [0.3, 0.4) is 0 Å². The van der Waals surface area contributed by atoms with E-state index >= 15 is 0 Å². The average Bonchev–Trinajstić information content (AvgIpc) is 2.74. The first-order valence-electron chi connectivity index (χ1n) is 11.2. The summed E-state index contributed by atoms with van der Waals surface area (Å²) in [5.41, 5.74) is 4.60. The largest absolute Gasteiger partial charge is 0.366 e. The highest BCUT2D eigenvalue weighted by Gasteiger charge is 2.37. The molecular weight excluding hydrogens is 489 g/mol. The summed E-state index contributed by atoms with van der Waals surface area (Å²) in [6, 6.07) is 9.20. The van der Waals surface area contributed by atoms with E-state index < -0.39 is 11.8 Å². The van der Waals surface area contributed by atoms with Crippen molar-refractivity contribution in [2.45, 2.75) is 52.5 Å². The van der Waals surface area contributed by atoms with Gasteiger partial charge >= 0.3 is 0 Å². The molecule has 2 amide bonds. The highest BCUT2D eigenvalue weighted by Crippen LogP contribution is 2.44. The maximum atomic E-state index is 13.5. The first-order valence-corrected chi connectivity index (χ1v) is 12.4. The number of thiocarbonyl (C=S) groups is 1. The Bertz CT molecular complexity index is 1250. The van der Waals surface area contributed by atoms with Gasteiger partial charge in [-0.05, 0) is 99.3 Å². The Balaban J connectivity index is 1.80. The molecule has 2 heterocycles. The minimum absolute atomic E-state index is 0.0103. The molecule has 1 saturated heterocycles. The predicted octanol–water partition coefficient (Wildman–Crippen LogP) is 6.25. The zero-order valence-electron chi connectivity index (χ0n) is 19.8. The summed E-state index contributed by atoms with van der Waals surface area (Å²) in [6.07, 6.45) is 2.66. The fraction of sp³-hybridized carbons (Fsp3) is 0.346. The quantitative estimate of drug-likeness (QED) is 0.298. The van der Waals surface area contributed by atoms with Gasteiger partial charge in [0.1, 0.15) is 5.57 Å². The number of nitrogens with zero attached hydrogens (tertiary/aromatic N) is 2. The molecule has 0 bridgehead atoms. The molecular formula is C26H27Cl2N3O2S. The van der Waals surface area contributed by atoms with Crippen molar-refractivity contribution in [3.63, 3.8) is 0 Å². The molecule has 4 rings (SSSR count). The zero-order valence-corrected chi connectivity index (χ0v) is 22.2. The van der Waals surface area contributed by atoms with Crippen LogP contribution in [0.5, 0.6) is 0 Å². The molecule has 0 unspecified atom stereocenters. The van der Waals surface area contributed by atoms with E-state index in [1.165, 1.54) is 16.2 Å². The first-order chi connectivity index (χ1) is 16.0. The Morgan fingerprint density at radius 2 is 1.91 bits per heavy atom. The molecule has 0 saturated carbocycles. The lowest BCUT2D eigenvalue weighted by Crippen LogP contribution is -2.54. The van der Waals surface area contributed by atoms with Crippen LogP contribution in [0.2, 0.25) is 10.0 Å². The normalized spacial score (nSPS) is 21.1. The van der Waals surface area contributed by atoms with Crippen molar-refractivity contribution < 1.29 is 9.59 Å². The van der Waals surface area contributed by atoms with Crippen molar-refractivity contribution in [3.8, 4) is 0 Å². The van der Waals surface area contributed by atoms with Crippen LogP contribution in [0.25, 0.3) is 6.08 Å². The van der Waals surface area contributed by atoms with Gasteiger partial charge in [-0.15, -0.1) is 0 Å². The molecule has 2 aliphatic heterocycles. The maximum Gasteiger partial charge on any atom is 0.270 e. The summed E-state index contributed by atoms with van der Waals surface area (Å²) in [5, 5.41) is 3.06. The third-order valence-electron chi connectivity index (χ3n) is 6.66. The standard InChI is InChI=1S/C26H27Cl2N3O2S/c1-6-30-21-10-14(2)16(11-17(21)15(3)13-26(30,4)5)12-18-23(32)29-25(34)31(24(18)33)20-9-7-8-19(27)22(20)28/h7-12,15H,6,13H2,1-5H3,(H,29,32,34)/b18-12+/t15-/m0/s1. The number of fused-ring (bicyclic) bond motifs is 1. The molecule has 0 aliphatic carbocycles. The Hall–Kier alpha value is -2.41. The van der Waals surface area contributed by atoms with E-state index in [0.717, 1.165) is 24.1 Å². The van der Waals surface area contributed by atoms with Crippen molar-refractivity contribution in [3.05, 3.63) is 62.6 Å². The summed E-state index contributed by atoms with van der Waals surface area (Å²) in [5.74, 6) is -0.735. The van der Waals surface area contributed by atoms with E-state index in [1.54, 1.807) is 24.3 Å². The number of rotatable bonds is 3. The van der Waals surface area contributed by atoms with E-state index in [-0.39, 0.29) is 21.2 Å². The lowest BCUT2D eigenvalue weighted by molar-refractivity contribution is -0.122. The van der Waals surface area contributed by atoms with Crippen LogP contribution >= 0.6 is 35.4 Å². The lowest BCUT2D eigenvalue weighted by Gasteiger charge is -2.47. The van der Waals surface area contributed by atoms with Crippen LogP contribution in [0.1, 0.15) is 56.7 Å². The minimum atomic E-state index is -0.542. The molecule has 178 valence electrons. The van der Waals surface area contributed by atoms with E-state index in [9.17, 15) is 9.59 Å². The second-order valence-corrected chi connectivity index (χ2v) is 10.6. The number of hydrogen-bond donors (Lipinski definition) is 1. The zero-order chi connectivity index (χ0) is 24.9. The summed E-state index contributed by atoms with van der Waals surface area (Å²) < 4.78 is 0. The molecule has 5 nitrogen and oxygen atoms in total. The molecule has 2 aliphatic rings. The van der Waals surface area contributed by atoms with Crippen LogP contribution in [0.15, 0.2) is 35.9 Å². The summed E-state index contributed by atoms with van der Waals surface area (Å²) in [7, 11) is 0. The van der Waals surface area contributed by atoms with Gasteiger partial charge in [0.15, 0.2) is 5.11 Å². The van der Waals surface area contributed by atoms with Gasteiger partial charge in [0, 0.05) is 17.8 Å². The number of benzene rings is 2. The van der Waals surface area contributed by atoms with Crippen molar-refractivity contribution in [1.29, 1.82) is 0 Å². The Kier molecular flexibility index (Phi) is 6.53. The third kappa shape index (κ3) is 4.12. The van der Waals surface area contributed by atoms with Gasteiger partial charge in [0.25, 0.3) is 11.8 Å². The number of nitrogens with one attached hydrogen (secondary N) is 1. The smallest absolute Gasteiger partial charge is 0.270 e. The molecule has 0 aromatic heterocycles. The van der Waals surface area contributed by atoms with Crippen molar-refractivity contribution in [2.75, 3.05) is 16.3 Å². The van der Waals surface area contributed by atoms with Crippen LogP contribution in [0, 0.1) is 6.92 Å². The molecule has 8 heteroatoms. The van der Waals surface area contributed by atoms with Gasteiger partial charge in [-0.3, -0.25) is 19.8 Å². The van der Waals surface area contributed by atoms with Crippen LogP contribution in [-0.2, 0) is 9.59 Å². The Morgan fingerprint density at radius 1 is 1.21 bits per heavy atom. The van der Waals surface area contributed by atoms with Gasteiger partial charge < -0.3 is 4.90 Å². The molecule has 1 atom stereocenters. The van der Waals surface area contributed by atoms with Gasteiger partial charge in [-0.25, -0.2) is 0 Å². The maximum absolute atomic E-state index is 13.5. The number of carbonyl (C=O) groups excluding carboxylic acids is 2. The number of hydrogen-bond acceptors (Lipinski definition) is 4. The predicted molar refractivity (Wildman–Crippen MR) is 144 cm³/mol. The van der Waals surface area contributed by atoms with Gasteiger partial charge in [-0.1, -0.05) is 36.2 Å². The second kappa shape index (κ2) is 8.99. The Labute approximate surface area is 215 Å². The van der Waals surface area contributed by atoms with E-state index in [2.05, 4.69) is 50.0 Å². The topological polar surface area (TPSA) is 52.7 Å². The molecule has 2 aromatic rings. The molecule has 0 radical (unpaired) electrons. The summed E-state index contributed by atoms with van der Waals surface area (Å²) in [6.45, 7) is 11.8. The van der Waals surface area contributed by atoms with E-state index in [4.69, 9.17) is 35.4 Å². The fourth-order valence-corrected chi connectivity index (χ4v) is 5.76. The average molecular weight is 516 g/mol. The summed E-state index contributed by atoms with van der Waals surface area (Å²) >= 11 is 17.8. The number of aryl methyl sites for hydroxylation is 1. The van der Waals surface area contributed by atoms with Crippen LogP contribution in [-0.4, -0.2) is 29.0 Å². The number of halogens is 2. The first kappa shape index (κ1) is 24.7. The number of carbonyl (C=O) groups is 2. The van der Waals surface area contributed by atoms with Crippen LogP contribution < -0.4 is 15.1 Å². The van der Waals surface area contributed by atoms with E-state index in [1.807, 2.05) is 6.92 Å². The van der Waals surface area contributed by atoms with Crippen molar-refractivity contribution in [1.82, 2.24) is 5.32 Å². The number of amides is 2. The molecule has 0 spiro atoms. The van der Waals surface area contributed by atoms with E-state index in [0.29, 0.717) is 16.6 Å². The van der Waals surface area contributed by atoms with Crippen molar-refractivity contribution in [2.24, 2.45) is 0 Å². The fourth-order valence-electron chi connectivity index (χ4n) is 5.10. The summed E-state index contributed by atoms with van der Waals surface area (Å²) in [4.78, 5) is 29.9. The third-order valence-corrected chi connectivity index (χ3v) is 7.76. The lowest BCUT2D eigenvalue weighted by atomic mass is 9.79. The second-order valence-electron chi connectivity index (χ2n) is 9.46. The van der Waals surface area contributed by atoms with Gasteiger partial charge in [0.05, 0.1) is 15.7 Å². The molecule has 1 fully saturated rings. The molecule has 2 aromatic carbocycles. The van der Waals surface area contributed by atoms with Crippen molar-refractivity contribution >= 4 is 69.8 Å². The molecule has 34 heavy (non-hydrogen) atoms. The minimum Gasteiger partial charge on any atom is -0.366 e. The number of anilines is 2. The highest BCUT2D eigenvalue weighted by atomic mass is 35.5. The highest BCUT2D eigenvalue weighted by molar-refractivity contribution is 7.80. The van der Waals surface area contributed by atoms with Gasteiger partial charge in [0.2, 0.25) is 0 Å². The SMILES string of the molecule is CCN1c2cc(C)c(/C=C3\C(=O)NC(=S)N(c4cccc(Cl)c4Cl)C3=O)cc2[C@@H](C)CC1(C)C. The Morgan fingerprint density at radius 3 is 2.59 bits per heavy atom. The monoisotopic (exact) mass is 515 g/mol. The molecule has 1 N–H and O–H groups in total. The van der Waals surface area contributed by atoms with Gasteiger partial charge in [-0.2, -0.15) is 0 Å².